The number of phenols is 1. The number of anilines is 1. The molecule has 102 valence electrons. The molecule has 0 amide bonds. The number of nitrogens with zero attached hydrogens (tertiary/aromatic N) is 2. The maximum absolute atomic E-state index is 9.31. The average Bonchev–Trinajstić information content (AvgIpc) is 3.24. The monoisotopic (exact) mass is 277 g/mol. The van der Waals surface area contributed by atoms with E-state index in [9.17, 15) is 5.11 Å². The summed E-state index contributed by atoms with van der Waals surface area (Å²) in [4.78, 5) is 4.58. The number of benzene rings is 1. The van der Waals surface area contributed by atoms with E-state index in [4.69, 9.17) is 12.2 Å². The first-order chi connectivity index (χ1) is 9.22. The van der Waals surface area contributed by atoms with E-state index in [2.05, 4.69) is 15.1 Å². The molecule has 0 bridgehead atoms. The number of hydrogen-bond donors (Lipinski definition) is 2. The number of thiocarbonyl (C=S) groups is 1. The fourth-order valence-corrected chi connectivity index (χ4v) is 2.67. The topological polar surface area (TPSA) is 38.7 Å². The zero-order valence-electron chi connectivity index (χ0n) is 10.9. The second-order valence-corrected chi connectivity index (χ2v) is 5.60. The van der Waals surface area contributed by atoms with Gasteiger partial charge in [0.2, 0.25) is 0 Å². The Labute approximate surface area is 119 Å². The predicted molar refractivity (Wildman–Crippen MR) is 80.6 cm³/mol. The van der Waals surface area contributed by atoms with Crippen LogP contribution < -0.4 is 10.2 Å². The van der Waals surface area contributed by atoms with Crippen LogP contribution in [0.15, 0.2) is 24.3 Å². The lowest BCUT2D eigenvalue weighted by atomic mass is 10.2. The third kappa shape index (κ3) is 3.10. The molecule has 1 aromatic rings. The highest BCUT2D eigenvalue weighted by Crippen LogP contribution is 2.21. The number of aromatic hydroxyl groups is 1. The van der Waals surface area contributed by atoms with Crippen molar-refractivity contribution in [3.05, 3.63) is 24.3 Å². The summed E-state index contributed by atoms with van der Waals surface area (Å²) in [5.74, 6) is 0.317. The lowest BCUT2D eigenvalue weighted by molar-refractivity contribution is 0.380. The molecule has 0 spiro atoms. The predicted octanol–water partition coefficient (Wildman–Crippen LogP) is 1.55. The minimum Gasteiger partial charge on any atom is -0.508 e. The van der Waals surface area contributed by atoms with Crippen molar-refractivity contribution in [3.63, 3.8) is 0 Å². The van der Waals surface area contributed by atoms with Gasteiger partial charge < -0.3 is 20.2 Å². The van der Waals surface area contributed by atoms with Crippen molar-refractivity contribution in [1.29, 1.82) is 0 Å². The van der Waals surface area contributed by atoms with E-state index in [0.717, 1.165) is 31.3 Å². The zero-order valence-corrected chi connectivity index (χ0v) is 11.7. The number of piperazine rings is 1. The molecular weight excluding hydrogens is 258 g/mol. The van der Waals surface area contributed by atoms with Crippen molar-refractivity contribution < 1.29 is 5.11 Å². The van der Waals surface area contributed by atoms with Gasteiger partial charge in [-0.2, -0.15) is 0 Å². The van der Waals surface area contributed by atoms with Crippen LogP contribution in [0.5, 0.6) is 5.75 Å². The second-order valence-electron chi connectivity index (χ2n) is 5.21. The Morgan fingerprint density at radius 1 is 1.11 bits per heavy atom. The minimum atomic E-state index is 0.317. The summed E-state index contributed by atoms with van der Waals surface area (Å²) in [5, 5.41) is 13.6. The quantitative estimate of drug-likeness (QED) is 0.803. The van der Waals surface area contributed by atoms with Crippen molar-refractivity contribution in [2.75, 3.05) is 31.1 Å². The molecule has 0 atom stereocenters. The standard InChI is InChI=1S/C14H19N3OS/c18-13-5-3-12(4-6-13)16-7-9-17(10-8-16)14(19)15-11-1-2-11/h3-6,11,18H,1-2,7-10H2,(H,15,19). The van der Waals surface area contributed by atoms with Gasteiger partial charge in [0, 0.05) is 37.9 Å². The number of phenolic OH excluding ortho intramolecular Hbond substituents is 1. The summed E-state index contributed by atoms with van der Waals surface area (Å²) in [6, 6.07) is 8.03. The molecular formula is C14H19N3OS. The second kappa shape index (κ2) is 5.25. The highest BCUT2D eigenvalue weighted by molar-refractivity contribution is 7.80. The van der Waals surface area contributed by atoms with E-state index in [1.165, 1.54) is 18.5 Å². The summed E-state index contributed by atoms with van der Waals surface area (Å²) in [6.07, 6.45) is 2.52. The minimum absolute atomic E-state index is 0.317. The zero-order chi connectivity index (χ0) is 13.2. The van der Waals surface area contributed by atoms with Gasteiger partial charge in [0.25, 0.3) is 0 Å². The highest BCUT2D eigenvalue weighted by atomic mass is 32.1. The Morgan fingerprint density at radius 2 is 1.74 bits per heavy atom. The molecule has 2 N–H and O–H groups in total. The summed E-state index contributed by atoms with van der Waals surface area (Å²) in [7, 11) is 0. The summed E-state index contributed by atoms with van der Waals surface area (Å²) in [6.45, 7) is 3.85. The Kier molecular flexibility index (Phi) is 3.46. The van der Waals surface area contributed by atoms with E-state index in [1.54, 1.807) is 12.1 Å². The Hall–Kier alpha value is -1.49. The van der Waals surface area contributed by atoms with E-state index >= 15 is 0 Å². The first-order valence-corrected chi connectivity index (χ1v) is 7.22. The lowest BCUT2D eigenvalue weighted by Gasteiger charge is -2.37. The molecule has 1 aliphatic heterocycles. The van der Waals surface area contributed by atoms with Crippen LogP contribution in [0.2, 0.25) is 0 Å². The van der Waals surface area contributed by atoms with E-state index in [0.29, 0.717) is 11.8 Å². The van der Waals surface area contributed by atoms with Gasteiger partial charge in [0.05, 0.1) is 0 Å². The van der Waals surface area contributed by atoms with Gasteiger partial charge in [-0.1, -0.05) is 0 Å². The van der Waals surface area contributed by atoms with Crippen LogP contribution in [-0.2, 0) is 0 Å². The van der Waals surface area contributed by atoms with Gasteiger partial charge in [-0.15, -0.1) is 0 Å². The van der Waals surface area contributed by atoms with Gasteiger partial charge in [-0.25, -0.2) is 0 Å². The van der Waals surface area contributed by atoms with Gasteiger partial charge in [0.15, 0.2) is 5.11 Å². The molecule has 2 fully saturated rings. The maximum atomic E-state index is 9.31. The lowest BCUT2D eigenvalue weighted by Crippen LogP contribution is -2.52. The maximum Gasteiger partial charge on any atom is 0.169 e. The highest BCUT2D eigenvalue weighted by Gasteiger charge is 2.25. The molecule has 0 unspecified atom stereocenters. The Balaban J connectivity index is 1.53. The average molecular weight is 277 g/mol. The summed E-state index contributed by atoms with van der Waals surface area (Å²) >= 11 is 5.43. The van der Waals surface area contributed by atoms with Crippen LogP contribution in [0, 0.1) is 0 Å². The van der Waals surface area contributed by atoms with Crippen LogP contribution in [0.4, 0.5) is 5.69 Å². The van der Waals surface area contributed by atoms with Crippen molar-refractivity contribution >= 4 is 23.0 Å². The van der Waals surface area contributed by atoms with Crippen LogP contribution in [0.3, 0.4) is 0 Å². The molecule has 4 nitrogen and oxygen atoms in total. The molecule has 1 aromatic carbocycles. The molecule has 1 heterocycles. The van der Waals surface area contributed by atoms with Gasteiger partial charge in [-0.3, -0.25) is 0 Å². The van der Waals surface area contributed by atoms with Crippen molar-refractivity contribution in [2.24, 2.45) is 0 Å². The van der Waals surface area contributed by atoms with E-state index in [1.807, 2.05) is 12.1 Å². The van der Waals surface area contributed by atoms with Crippen molar-refractivity contribution in [1.82, 2.24) is 10.2 Å². The first kappa shape index (κ1) is 12.5. The normalized spacial score (nSPS) is 19.4. The van der Waals surface area contributed by atoms with Gasteiger partial charge in [-0.05, 0) is 49.3 Å². The Bertz CT molecular complexity index is 450. The molecule has 2 aliphatic rings. The fourth-order valence-electron chi connectivity index (χ4n) is 2.32. The number of hydrogen-bond acceptors (Lipinski definition) is 3. The molecule has 0 aromatic heterocycles. The van der Waals surface area contributed by atoms with Crippen molar-refractivity contribution in [2.45, 2.75) is 18.9 Å². The number of nitrogens with one attached hydrogen (secondary N) is 1. The molecule has 5 heteroatoms. The van der Waals surface area contributed by atoms with Gasteiger partial charge in [0.1, 0.15) is 5.75 Å². The van der Waals surface area contributed by atoms with Crippen LogP contribution in [-0.4, -0.2) is 47.3 Å². The molecule has 0 radical (unpaired) electrons. The fraction of sp³-hybridized carbons (Fsp3) is 0.500. The smallest absolute Gasteiger partial charge is 0.169 e. The molecule has 3 rings (SSSR count). The van der Waals surface area contributed by atoms with E-state index in [-0.39, 0.29) is 0 Å². The largest absolute Gasteiger partial charge is 0.508 e. The molecule has 19 heavy (non-hydrogen) atoms. The van der Waals surface area contributed by atoms with Crippen LogP contribution in [0.1, 0.15) is 12.8 Å². The van der Waals surface area contributed by atoms with Crippen molar-refractivity contribution in [3.8, 4) is 5.75 Å². The van der Waals surface area contributed by atoms with E-state index < -0.39 is 0 Å². The Morgan fingerprint density at radius 3 is 2.32 bits per heavy atom. The first-order valence-electron chi connectivity index (χ1n) is 6.82. The number of rotatable bonds is 2. The van der Waals surface area contributed by atoms with Crippen LogP contribution in [0.25, 0.3) is 0 Å². The van der Waals surface area contributed by atoms with Crippen LogP contribution >= 0.6 is 12.2 Å². The third-order valence-electron chi connectivity index (χ3n) is 3.69. The van der Waals surface area contributed by atoms with Gasteiger partial charge >= 0.3 is 0 Å². The molecule has 1 saturated carbocycles. The third-order valence-corrected chi connectivity index (χ3v) is 4.06. The summed E-state index contributed by atoms with van der Waals surface area (Å²) in [5.41, 5.74) is 1.17. The molecule has 1 aliphatic carbocycles. The SMILES string of the molecule is Oc1ccc(N2CCN(C(=S)NC3CC3)CC2)cc1. The summed E-state index contributed by atoms with van der Waals surface area (Å²) < 4.78 is 0. The molecule has 1 saturated heterocycles.